The Bertz CT molecular complexity index is 1360. The molecular weight excluding hydrogens is 362 g/mol. The summed E-state index contributed by atoms with van der Waals surface area (Å²) in [5.74, 6) is 0.0489. The second kappa shape index (κ2) is 6.91. The highest BCUT2D eigenvalue weighted by atomic mass is 16.1. The average molecular weight is 379 g/mol. The van der Waals surface area contributed by atoms with Gasteiger partial charge in [0, 0.05) is 22.7 Å². The monoisotopic (exact) mass is 379 g/mol. The van der Waals surface area contributed by atoms with Gasteiger partial charge in [0.25, 0.3) is 0 Å². The fourth-order valence-electron chi connectivity index (χ4n) is 3.39. The van der Waals surface area contributed by atoms with Gasteiger partial charge in [0.05, 0.1) is 17.8 Å². The van der Waals surface area contributed by atoms with Crippen LogP contribution in [0.2, 0.25) is 0 Å². The fraction of sp³-hybridized carbons (Fsp3) is 0.0870. The van der Waals surface area contributed by atoms with E-state index in [9.17, 15) is 4.79 Å². The van der Waals surface area contributed by atoms with Crippen LogP contribution in [-0.4, -0.2) is 30.7 Å². The van der Waals surface area contributed by atoms with Gasteiger partial charge in [-0.15, -0.1) is 5.10 Å². The number of hydrogen-bond donors (Lipinski definition) is 0. The van der Waals surface area contributed by atoms with Crippen LogP contribution in [-0.2, 0) is 6.54 Å². The van der Waals surface area contributed by atoms with Crippen LogP contribution in [0.25, 0.3) is 33.3 Å². The molecule has 0 unspecified atom stereocenters. The normalized spacial score (nSPS) is 11.2. The number of rotatable bonds is 4. The van der Waals surface area contributed by atoms with E-state index in [1.54, 1.807) is 17.8 Å². The first-order valence-corrected chi connectivity index (χ1v) is 9.33. The van der Waals surface area contributed by atoms with Crippen molar-refractivity contribution in [2.75, 3.05) is 0 Å². The number of nitrogens with zero attached hydrogens (tertiary/aromatic N) is 5. The summed E-state index contributed by atoms with van der Waals surface area (Å²) in [4.78, 5) is 20.6. The first-order valence-electron chi connectivity index (χ1n) is 9.33. The highest BCUT2D eigenvalue weighted by molar-refractivity contribution is 5.94. The molecule has 6 nitrogen and oxygen atoms in total. The predicted molar refractivity (Wildman–Crippen MR) is 112 cm³/mol. The SMILES string of the molecule is CC(=O)c1ccc(-c2ccc3nnn(Cc4ccc5ncccc5c4)c3n2)cc1. The van der Waals surface area contributed by atoms with Gasteiger partial charge in [-0.25, -0.2) is 9.67 Å². The Morgan fingerprint density at radius 1 is 0.966 bits per heavy atom. The quantitative estimate of drug-likeness (QED) is 0.436. The van der Waals surface area contributed by atoms with E-state index in [0.717, 1.165) is 38.9 Å². The van der Waals surface area contributed by atoms with E-state index in [1.807, 2.05) is 60.7 Å². The Labute approximate surface area is 166 Å². The summed E-state index contributed by atoms with van der Waals surface area (Å²) in [7, 11) is 0. The number of ketones is 1. The summed E-state index contributed by atoms with van der Waals surface area (Å²) in [5.41, 5.74) is 6.00. The van der Waals surface area contributed by atoms with Crippen molar-refractivity contribution < 1.29 is 4.79 Å². The van der Waals surface area contributed by atoms with E-state index in [4.69, 9.17) is 4.98 Å². The molecule has 0 saturated carbocycles. The zero-order valence-corrected chi connectivity index (χ0v) is 15.8. The van der Waals surface area contributed by atoms with Crippen molar-refractivity contribution in [2.45, 2.75) is 13.5 Å². The molecule has 0 radical (unpaired) electrons. The Morgan fingerprint density at radius 2 is 1.79 bits per heavy atom. The molecule has 0 aliphatic rings. The van der Waals surface area contributed by atoms with Gasteiger partial charge in [0.1, 0.15) is 5.52 Å². The second-order valence-electron chi connectivity index (χ2n) is 6.95. The van der Waals surface area contributed by atoms with Gasteiger partial charge in [-0.05, 0) is 42.8 Å². The minimum absolute atomic E-state index is 0.0489. The van der Waals surface area contributed by atoms with Gasteiger partial charge in [0.2, 0.25) is 0 Å². The van der Waals surface area contributed by atoms with E-state index >= 15 is 0 Å². The summed E-state index contributed by atoms with van der Waals surface area (Å²) in [6.07, 6.45) is 1.79. The second-order valence-corrected chi connectivity index (χ2v) is 6.95. The predicted octanol–water partition coefficient (Wildman–Crippen LogP) is 4.29. The van der Waals surface area contributed by atoms with Crippen LogP contribution >= 0.6 is 0 Å². The molecule has 0 N–H and O–H groups in total. The lowest BCUT2D eigenvalue weighted by atomic mass is 10.1. The summed E-state index contributed by atoms with van der Waals surface area (Å²) < 4.78 is 1.81. The van der Waals surface area contributed by atoms with Gasteiger partial charge in [-0.2, -0.15) is 0 Å². The molecule has 29 heavy (non-hydrogen) atoms. The van der Waals surface area contributed by atoms with Crippen molar-refractivity contribution in [1.82, 2.24) is 25.0 Å². The molecule has 5 aromatic rings. The zero-order chi connectivity index (χ0) is 19.8. The van der Waals surface area contributed by atoms with Crippen LogP contribution in [0, 0.1) is 0 Å². The molecule has 5 rings (SSSR count). The van der Waals surface area contributed by atoms with Crippen LogP contribution in [0.3, 0.4) is 0 Å². The third-order valence-corrected chi connectivity index (χ3v) is 4.95. The highest BCUT2D eigenvalue weighted by Gasteiger charge is 2.10. The van der Waals surface area contributed by atoms with Crippen LogP contribution in [0.5, 0.6) is 0 Å². The first kappa shape index (κ1) is 17.2. The molecule has 0 amide bonds. The van der Waals surface area contributed by atoms with E-state index in [1.165, 1.54) is 0 Å². The van der Waals surface area contributed by atoms with Gasteiger partial charge >= 0.3 is 0 Å². The molecule has 3 aromatic heterocycles. The lowest BCUT2D eigenvalue weighted by Gasteiger charge is -2.06. The van der Waals surface area contributed by atoms with Crippen molar-refractivity contribution in [2.24, 2.45) is 0 Å². The number of fused-ring (bicyclic) bond motifs is 2. The third kappa shape index (κ3) is 3.25. The number of benzene rings is 2. The van der Waals surface area contributed by atoms with Crippen LogP contribution in [0.15, 0.2) is 72.9 Å². The van der Waals surface area contributed by atoms with Crippen molar-refractivity contribution in [3.63, 3.8) is 0 Å². The van der Waals surface area contributed by atoms with Crippen LogP contribution < -0.4 is 0 Å². The number of pyridine rings is 2. The molecule has 0 spiro atoms. The minimum Gasteiger partial charge on any atom is -0.295 e. The van der Waals surface area contributed by atoms with Gasteiger partial charge in [-0.1, -0.05) is 41.6 Å². The summed E-state index contributed by atoms with van der Waals surface area (Å²) in [6, 6.07) is 21.5. The molecular formula is C23H17N5O. The average Bonchev–Trinajstić information content (AvgIpc) is 3.15. The maximum absolute atomic E-state index is 11.5. The molecule has 6 heteroatoms. The van der Waals surface area contributed by atoms with E-state index in [2.05, 4.69) is 21.4 Å². The molecule has 0 atom stereocenters. The maximum atomic E-state index is 11.5. The molecule has 3 heterocycles. The molecule has 0 fully saturated rings. The first-order chi connectivity index (χ1) is 14.2. The Balaban J connectivity index is 1.51. The number of carbonyl (C=O) groups is 1. The third-order valence-electron chi connectivity index (χ3n) is 4.95. The standard InChI is InChI=1S/C23H17N5O/c1-15(29)17-5-7-18(8-6-17)21-10-11-22-23(25-21)28(27-26-22)14-16-4-9-20-19(13-16)3-2-12-24-20/h2-13H,14H2,1H3. The van der Waals surface area contributed by atoms with Crippen molar-refractivity contribution in [3.8, 4) is 11.3 Å². The molecule has 140 valence electrons. The number of carbonyl (C=O) groups excluding carboxylic acids is 1. The van der Waals surface area contributed by atoms with Crippen LogP contribution in [0.1, 0.15) is 22.8 Å². The lowest BCUT2D eigenvalue weighted by Crippen LogP contribution is -2.03. The van der Waals surface area contributed by atoms with Crippen molar-refractivity contribution in [1.29, 1.82) is 0 Å². The van der Waals surface area contributed by atoms with E-state index < -0.39 is 0 Å². The maximum Gasteiger partial charge on any atom is 0.179 e. The van der Waals surface area contributed by atoms with E-state index in [-0.39, 0.29) is 5.78 Å². The van der Waals surface area contributed by atoms with Gasteiger partial charge in [0.15, 0.2) is 11.4 Å². The Hall–Kier alpha value is -3.93. The topological polar surface area (TPSA) is 73.6 Å². The largest absolute Gasteiger partial charge is 0.295 e. The zero-order valence-electron chi connectivity index (χ0n) is 15.8. The molecule has 0 aliphatic heterocycles. The van der Waals surface area contributed by atoms with Crippen molar-refractivity contribution in [3.05, 3.63) is 84.1 Å². The van der Waals surface area contributed by atoms with Gasteiger partial charge < -0.3 is 0 Å². The van der Waals surface area contributed by atoms with Crippen LogP contribution in [0.4, 0.5) is 0 Å². The highest BCUT2D eigenvalue weighted by Crippen LogP contribution is 2.22. The fourth-order valence-corrected chi connectivity index (χ4v) is 3.39. The van der Waals surface area contributed by atoms with Crippen molar-refractivity contribution >= 4 is 27.9 Å². The Kier molecular flexibility index (Phi) is 4.09. The number of hydrogen-bond acceptors (Lipinski definition) is 5. The minimum atomic E-state index is 0.0489. The van der Waals surface area contributed by atoms with Gasteiger partial charge in [-0.3, -0.25) is 9.78 Å². The summed E-state index contributed by atoms with van der Waals surface area (Å²) >= 11 is 0. The van der Waals surface area contributed by atoms with E-state index in [0.29, 0.717) is 12.1 Å². The number of Topliss-reactive ketones (excluding diaryl/α,β-unsaturated/α-hetero) is 1. The lowest BCUT2D eigenvalue weighted by molar-refractivity contribution is 0.101. The molecule has 2 aromatic carbocycles. The molecule has 0 saturated heterocycles. The Morgan fingerprint density at radius 3 is 2.62 bits per heavy atom. The summed E-state index contributed by atoms with van der Waals surface area (Å²) in [5, 5.41) is 9.62. The molecule has 0 aliphatic carbocycles. The smallest absolute Gasteiger partial charge is 0.179 e. The summed E-state index contributed by atoms with van der Waals surface area (Å²) in [6.45, 7) is 2.13. The molecule has 0 bridgehead atoms. The number of aromatic nitrogens is 5.